The van der Waals surface area contributed by atoms with E-state index in [9.17, 15) is 14.1 Å². The van der Waals surface area contributed by atoms with Gasteiger partial charge in [0, 0.05) is 11.7 Å². The molecule has 0 spiro atoms. The minimum atomic E-state index is -1.60. The van der Waals surface area contributed by atoms with Gasteiger partial charge in [-0.05, 0) is 67.8 Å². The normalized spacial score (nSPS) is 14.6. The number of hydrogen-bond acceptors (Lipinski definition) is 6. The first-order chi connectivity index (χ1) is 15.9. The monoisotopic (exact) mass is 486 g/mol. The maximum absolute atomic E-state index is 13.0. The molecule has 1 fully saturated rings. The summed E-state index contributed by atoms with van der Waals surface area (Å²) in [6.45, 7) is 1.88. The van der Waals surface area contributed by atoms with Crippen LogP contribution in [-0.4, -0.2) is 33.5 Å². The summed E-state index contributed by atoms with van der Waals surface area (Å²) < 4.78 is 21.4. The number of carbonyl (C=O) groups excluding carboxylic acids is 1. The van der Waals surface area contributed by atoms with Crippen molar-refractivity contribution in [3.05, 3.63) is 48.2 Å². The highest BCUT2D eigenvalue weighted by atomic mass is 32.2. The van der Waals surface area contributed by atoms with Crippen LogP contribution in [0, 0.1) is 6.92 Å². The third kappa shape index (κ3) is 5.63. The fraction of sp³-hybridized carbons (Fsp3) is 0.304. The van der Waals surface area contributed by atoms with E-state index in [2.05, 4.69) is 20.3 Å². The average Bonchev–Trinajstić information content (AvgIpc) is 3.44. The van der Waals surface area contributed by atoms with E-state index in [1.54, 1.807) is 24.3 Å². The van der Waals surface area contributed by atoms with Crippen LogP contribution < -0.4 is 20.1 Å². The maximum Gasteiger partial charge on any atom is 0.321 e. The van der Waals surface area contributed by atoms with Crippen LogP contribution in [0.4, 0.5) is 15.6 Å². The zero-order valence-electron chi connectivity index (χ0n) is 18.4. The molecule has 1 aliphatic carbocycles. The molecule has 1 aromatic heterocycles. The van der Waals surface area contributed by atoms with Crippen LogP contribution in [0.2, 0.25) is 0 Å². The molecular weight excluding hydrogens is 460 g/mol. The van der Waals surface area contributed by atoms with Crippen molar-refractivity contribution in [1.29, 1.82) is 0 Å². The molecule has 2 amide bonds. The SMILES string of the molecule is COc1ccc(-c2sc(NC(=O)NC3CCCC3)nc2C)cc1S(=O)Nc1ccc(O)cc1. The minimum Gasteiger partial charge on any atom is -0.508 e. The zero-order valence-corrected chi connectivity index (χ0v) is 20.0. The van der Waals surface area contributed by atoms with Gasteiger partial charge >= 0.3 is 6.03 Å². The number of nitrogens with zero attached hydrogens (tertiary/aromatic N) is 1. The summed E-state index contributed by atoms with van der Waals surface area (Å²) in [7, 11) is -0.0736. The number of urea groups is 1. The number of nitrogens with one attached hydrogen (secondary N) is 3. The molecule has 10 heteroatoms. The number of phenolic OH excluding ortho intramolecular Hbond substituents is 1. The second-order valence-corrected chi connectivity index (χ2v) is 9.98. The number of phenols is 1. The summed E-state index contributed by atoms with van der Waals surface area (Å²) in [4.78, 5) is 18.2. The van der Waals surface area contributed by atoms with Crippen LogP contribution in [0.25, 0.3) is 10.4 Å². The average molecular weight is 487 g/mol. The first-order valence-electron chi connectivity index (χ1n) is 10.6. The Morgan fingerprint density at radius 2 is 1.91 bits per heavy atom. The van der Waals surface area contributed by atoms with Crippen molar-refractivity contribution in [3.63, 3.8) is 0 Å². The van der Waals surface area contributed by atoms with Crippen molar-refractivity contribution >= 4 is 39.2 Å². The number of amides is 2. The molecule has 3 aromatic rings. The van der Waals surface area contributed by atoms with E-state index in [1.807, 2.05) is 13.0 Å². The second kappa shape index (κ2) is 10.2. The quantitative estimate of drug-likeness (QED) is 0.350. The van der Waals surface area contributed by atoms with Crippen molar-refractivity contribution < 1.29 is 18.8 Å². The second-order valence-electron chi connectivity index (χ2n) is 7.80. The maximum atomic E-state index is 13.0. The Morgan fingerprint density at radius 1 is 1.18 bits per heavy atom. The minimum absolute atomic E-state index is 0.132. The summed E-state index contributed by atoms with van der Waals surface area (Å²) >= 11 is 1.37. The number of aromatic nitrogens is 1. The third-order valence-corrected chi connectivity index (χ3v) is 7.67. The predicted molar refractivity (Wildman–Crippen MR) is 131 cm³/mol. The van der Waals surface area contributed by atoms with Crippen molar-refractivity contribution in [2.45, 2.75) is 43.5 Å². The first kappa shape index (κ1) is 23.1. The number of methoxy groups -OCH3 is 1. The Morgan fingerprint density at radius 3 is 2.61 bits per heavy atom. The van der Waals surface area contributed by atoms with Crippen molar-refractivity contribution in [1.82, 2.24) is 10.3 Å². The first-order valence-corrected chi connectivity index (χ1v) is 12.6. The van der Waals surface area contributed by atoms with E-state index in [4.69, 9.17) is 4.74 Å². The Hall–Kier alpha value is -3.11. The summed E-state index contributed by atoms with van der Waals surface area (Å²) in [6.07, 6.45) is 4.32. The van der Waals surface area contributed by atoms with Gasteiger partial charge in [-0.2, -0.15) is 0 Å². The van der Waals surface area contributed by atoms with E-state index in [0.29, 0.717) is 21.5 Å². The van der Waals surface area contributed by atoms with Crippen LogP contribution >= 0.6 is 11.3 Å². The summed E-state index contributed by atoms with van der Waals surface area (Å²) in [5, 5.41) is 15.8. The summed E-state index contributed by atoms with van der Waals surface area (Å²) in [5.74, 6) is 0.618. The van der Waals surface area contributed by atoms with Crippen molar-refractivity contribution in [2.75, 3.05) is 17.1 Å². The van der Waals surface area contributed by atoms with Gasteiger partial charge in [0.25, 0.3) is 0 Å². The molecule has 4 N–H and O–H groups in total. The number of anilines is 2. The van der Waals surface area contributed by atoms with Gasteiger partial charge in [-0.3, -0.25) is 5.32 Å². The highest BCUT2D eigenvalue weighted by Crippen LogP contribution is 2.36. The molecule has 0 bridgehead atoms. The lowest BCUT2D eigenvalue weighted by Crippen LogP contribution is -2.36. The smallest absolute Gasteiger partial charge is 0.321 e. The molecule has 33 heavy (non-hydrogen) atoms. The molecule has 1 unspecified atom stereocenters. The van der Waals surface area contributed by atoms with Gasteiger partial charge in [0.1, 0.15) is 16.4 Å². The number of rotatable bonds is 7. The largest absolute Gasteiger partial charge is 0.508 e. The lowest BCUT2D eigenvalue weighted by molar-refractivity contribution is 0.248. The van der Waals surface area contributed by atoms with Crippen molar-refractivity contribution in [2.24, 2.45) is 0 Å². The molecule has 0 saturated heterocycles. The lowest BCUT2D eigenvalue weighted by atomic mass is 10.1. The number of hydrogen-bond donors (Lipinski definition) is 4. The van der Waals surface area contributed by atoms with E-state index in [-0.39, 0.29) is 17.8 Å². The van der Waals surface area contributed by atoms with Gasteiger partial charge in [-0.25, -0.2) is 14.0 Å². The molecule has 1 heterocycles. The van der Waals surface area contributed by atoms with E-state index in [1.165, 1.54) is 30.6 Å². The lowest BCUT2D eigenvalue weighted by Gasteiger charge is -2.12. The van der Waals surface area contributed by atoms with E-state index >= 15 is 0 Å². The number of carbonyl (C=O) groups is 1. The van der Waals surface area contributed by atoms with Gasteiger partial charge in [-0.15, -0.1) is 0 Å². The Kier molecular flexibility index (Phi) is 7.14. The fourth-order valence-electron chi connectivity index (χ4n) is 3.76. The van der Waals surface area contributed by atoms with Gasteiger partial charge in [0.05, 0.1) is 17.7 Å². The zero-order chi connectivity index (χ0) is 23.4. The van der Waals surface area contributed by atoms with Crippen LogP contribution in [0.1, 0.15) is 31.4 Å². The number of aryl methyl sites for hydroxylation is 1. The summed E-state index contributed by atoms with van der Waals surface area (Å²) in [6, 6.07) is 11.8. The van der Waals surface area contributed by atoms with Crippen LogP contribution in [-0.2, 0) is 11.0 Å². The molecule has 1 atom stereocenters. The number of aromatic hydroxyl groups is 1. The molecule has 2 aromatic carbocycles. The Balaban J connectivity index is 1.53. The molecule has 1 saturated carbocycles. The molecule has 0 radical (unpaired) electrons. The predicted octanol–water partition coefficient (Wildman–Crippen LogP) is 5.03. The van der Waals surface area contributed by atoms with Crippen LogP contribution in [0.3, 0.4) is 0 Å². The Bertz CT molecular complexity index is 1160. The standard InChI is InChI=1S/C23H26N4O4S2/c1-14-21(32-23(24-14)26-22(29)25-16-5-3-4-6-16)15-7-12-19(31-2)20(13-15)33(30)27-17-8-10-18(28)11-9-17/h7-13,16,27-28H,3-6H2,1-2H3,(H2,24,25,26,29). The highest BCUT2D eigenvalue weighted by molar-refractivity contribution is 7.86. The topological polar surface area (TPSA) is 113 Å². The van der Waals surface area contributed by atoms with Crippen molar-refractivity contribution in [3.8, 4) is 21.9 Å². The fourth-order valence-corrected chi connectivity index (χ4v) is 5.75. The number of benzene rings is 2. The van der Waals surface area contributed by atoms with Crippen LogP contribution in [0.5, 0.6) is 11.5 Å². The van der Waals surface area contributed by atoms with Gasteiger partial charge in [0.15, 0.2) is 16.1 Å². The Labute approximate surface area is 199 Å². The molecule has 8 nitrogen and oxygen atoms in total. The molecular formula is C23H26N4O4S2. The number of thiazole rings is 1. The molecule has 1 aliphatic rings. The van der Waals surface area contributed by atoms with Gasteiger partial charge in [0.2, 0.25) is 0 Å². The van der Waals surface area contributed by atoms with Crippen LogP contribution in [0.15, 0.2) is 47.4 Å². The van der Waals surface area contributed by atoms with Gasteiger partial charge in [-0.1, -0.05) is 24.2 Å². The molecule has 4 rings (SSSR count). The summed E-state index contributed by atoms with van der Waals surface area (Å²) in [5.41, 5.74) is 2.20. The van der Waals surface area contributed by atoms with E-state index < -0.39 is 11.0 Å². The van der Waals surface area contributed by atoms with E-state index in [0.717, 1.165) is 41.8 Å². The number of ether oxygens (including phenoxy) is 1. The molecule has 174 valence electrons. The molecule has 0 aliphatic heterocycles. The highest BCUT2D eigenvalue weighted by Gasteiger charge is 2.19. The van der Waals surface area contributed by atoms with Gasteiger partial charge < -0.3 is 19.9 Å². The third-order valence-electron chi connectivity index (χ3n) is 5.41.